The first kappa shape index (κ1) is 46.0. The van der Waals surface area contributed by atoms with Gasteiger partial charge in [-0.15, -0.1) is 0 Å². The van der Waals surface area contributed by atoms with E-state index in [2.05, 4.69) is 38.5 Å². The van der Waals surface area contributed by atoms with Gasteiger partial charge in [0.2, 0.25) is 29.5 Å². The molecule has 7 atom stereocenters. The van der Waals surface area contributed by atoms with Crippen LogP contribution < -0.4 is 37.6 Å². The number of carbonyl (C=O) groups is 7. The Hall–Kier alpha value is -4.05. The van der Waals surface area contributed by atoms with E-state index in [1.54, 1.807) is 27.7 Å². The quantitative estimate of drug-likeness (QED) is 0.0634. The highest BCUT2D eigenvalue weighted by Gasteiger charge is 2.32. The zero-order chi connectivity index (χ0) is 39.5. The van der Waals surface area contributed by atoms with E-state index in [1.165, 1.54) is 6.92 Å². The summed E-state index contributed by atoms with van der Waals surface area (Å²) in [4.78, 5) is 88.1. The van der Waals surface area contributed by atoms with Crippen LogP contribution in [0, 0.1) is 11.8 Å². The van der Waals surface area contributed by atoms with E-state index in [0.29, 0.717) is 37.2 Å². The average Bonchev–Trinajstić information content (AvgIpc) is 3.09. The van der Waals surface area contributed by atoms with Crippen LogP contribution in [-0.2, 0) is 33.6 Å². The average molecular weight is 738 g/mol. The largest absolute Gasteiger partial charge is 0.481 e. The van der Waals surface area contributed by atoms with E-state index in [4.69, 9.17) is 15.9 Å². The second-order valence-electron chi connectivity index (χ2n) is 14.2. The lowest BCUT2D eigenvalue weighted by Gasteiger charge is -2.30. The number of nitrogens with two attached hydrogens (primary N) is 1. The maximum absolute atomic E-state index is 13.8. The Morgan fingerprint density at radius 1 is 0.750 bits per heavy atom. The van der Waals surface area contributed by atoms with Crippen LogP contribution in [0.1, 0.15) is 112 Å². The predicted molar refractivity (Wildman–Crippen MR) is 196 cm³/mol. The Bertz CT molecular complexity index is 1240. The van der Waals surface area contributed by atoms with Gasteiger partial charge in [0.15, 0.2) is 0 Å². The van der Waals surface area contributed by atoms with Gasteiger partial charge in [0.05, 0.1) is 12.1 Å². The summed E-state index contributed by atoms with van der Waals surface area (Å²) in [6, 6.07) is -6.57. The van der Waals surface area contributed by atoms with Crippen molar-refractivity contribution in [2.75, 3.05) is 6.54 Å². The van der Waals surface area contributed by atoms with Gasteiger partial charge in [-0.2, -0.15) is 0 Å². The molecule has 52 heavy (non-hydrogen) atoms. The summed E-state index contributed by atoms with van der Waals surface area (Å²) in [5.41, 5.74) is 6.24. The molecule has 0 unspecified atom stereocenters. The smallest absolute Gasteiger partial charge is 0.325 e. The Kier molecular flexibility index (Phi) is 20.8. The van der Waals surface area contributed by atoms with Crippen LogP contribution in [0.3, 0.4) is 0 Å². The van der Waals surface area contributed by atoms with Gasteiger partial charge in [0.1, 0.15) is 24.2 Å². The number of amides is 5. The van der Waals surface area contributed by atoms with Crippen molar-refractivity contribution in [1.82, 2.24) is 31.9 Å². The third kappa shape index (κ3) is 16.5. The summed E-state index contributed by atoms with van der Waals surface area (Å²) in [6.07, 6.45) is 6.74. The van der Waals surface area contributed by atoms with Gasteiger partial charge in [-0.3, -0.25) is 33.6 Å². The molecule has 1 saturated carbocycles. The summed E-state index contributed by atoms with van der Waals surface area (Å²) in [6.45, 7) is 14.2. The van der Waals surface area contributed by atoms with Crippen molar-refractivity contribution < 1.29 is 43.8 Å². The molecule has 1 aliphatic carbocycles. The van der Waals surface area contributed by atoms with Gasteiger partial charge in [-0.05, 0) is 56.9 Å². The molecule has 296 valence electrons. The fourth-order valence-corrected chi connectivity index (χ4v) is 5.94. The molecule has 0 aromatic rings. The van der Waals surface area contributed by atoms with E-state index in [1.807, 2.05) is 6.92 Å². The Morgan fingerprint density at radius 2 is 1.38 bits per heavy atom. The van der Waals surface area contributed by atoms with Crippen LogP contribution in [0.25, 0.3) is 0 Å². The molecule has 0 aliphatic heterocycles. The van der Waals surface area contributed by atoms with Gasteiger partial charge < -0.3 is 47.8 Å². The van der Waals surface area contributed by atoms with E-state index in [0.717, 1.165) is 32.1 Å². The van der Waals surface area contributed by atoms with E-state index < -0.39 is 83.8 Å². The zero-order valence-corrected chi connectivity index (χ0v) is 31.7. The second kappa shape index (κ2) is 23.5. The molecule has 1 aliphatic rings. The Labute approximate surface area is 307 Å². The van der Waals surface area contributed by atoms with E-state index in [-0.39, 0.29) is 25.3 Å². The van der Waals surface area contributed by atoms with Crippen LogP contribution >= 0.6 is 0 Å². The van der Waals surface area contributed by atoms with E-state index >= 15 is 0 Å². The Morgan fingerprint density at radius 3 is 1.92 bits per heavy atom. The molecule has 16 nitrogen and oxygen atoms in total. The molecule has 0 spiro atoms. The van der Waals surface area contributed by atoms with Gasteiger partial charge >= 0.3 is 11.9 Å². The molecule has 1 rings (SSSR count). The van der Waals surface area contributed by atoms with Crippen molar-refractivity contribution in [2.24, 2.45) is 17.6 Å². The Balaban J connectivity index is 3.08. The lowest BCUT2D eigenvalue weighted by Crippen LogP contribution is -2.58. The molecule has 0 aromatic heterocycles. The highest BCUT2D eigenvalue weighted by molar-refractivity contribution is 5.95. The number of nitrogens with one attached hydrogen (secondary N) is 6. The highest BCUT2D eigenvalue weighted by atomic mass is 16.4. The number of rotatable bonds is 24. The van der Waals surface area contributed by atoms with Crippen LogP contribution in [0.2, 0.25) is 0 Å². The summed E-state index contributed by atoms with van der Waals surface area (Å²) >= 11 is 0. The molecule has 0 aromatic carbocycles. The number of carboxylic acid groups (broad SMARTS) is 2. The summed E-state index contributed by atoms with van der Waals surface area (Å²) in [5, 5.41) is 34.8. The second-order valence-corrected chi connectivity index (χ2v) is 14.2. The van der Waals surface area contributed by atoms with Crippen molar-refractivity contribution in [3.8, 4) is 0 Å². The SMILES string of the molecule is C=C(CC)[C@H](NC(=O)[C@@H](N)CCC(=O)O)C(=O)N[C@@H](CCC)C(=O)N[C@H](CN[C@@H](C)C(=O)N[C@H](C(=O)N[C@@H](C)C(=O)O)C(C)C)CC1CCCCC1. The van der Waals surface area contributed by atoms with Crippen molar-refractivity contribution >= 4 is 41.5 Å². The molecule has 16 heteroatoms. The highest BCUT2D eigenvalue weighted by Crippen LogP contribution is 2.27. The lowest BCUT2D eigenvalue weighted by molar-refractivity contribution is -0.142. The summed E-state index contributed by atoms with van der Waals surface area (Å²) < 4.78 is 0. The molecule has 0 heterocycles. The predicted octanol–water partition coefficient (Wildman–Crippen LogP) is 1.08. The fraction of sp³-hybridized carbons (Fsp3) is 0.750. The van der Waals surface area contributed by atoms with Crippen LogP contribution in [0.5, 0.6) is 0 Å². The third-order valence-electron chi connectivity index (χ3n) is 9.36. The molecule has 1 fully saturated rings. The van der Waals surface area contributed by atoms with Gasteiger partial charge in [-0.25, -0.2) is 0 Å². The van der Waals surface area contributed by atoms with Crippen molar-refractivity contribution in [3.63, 3.8) is 0 Å². The minimum absolute atomic E-state index is 0.120. The fourth-order valence-electron chi connectivity index (χ4n) is 5.94. The van der Waals surface area contributed by atoms with E-state index in [9.17, 15) is 33.6 Å². The number of carbonyl (C=O) groups excluding carboxylic acids is 5. The summed E-state index contributed by atoms with van der Waals surface area (Å²) in [7, 11) is 0. The molecular weight excluding hydrogens is 674 g/mol. The molecule has 10 N–H and O–H groups in total. The number of carboxylic acids is 2. The first-order valence-electron chi connectivity index (χ1n) is 18.5. The molecular formula is C36H63N7O9. The number of aliphatic carboxylic acids is 2. The number of hydrogen-bond acceptors (Lipinski definition) is 9. The van der Waals surface area contributed by atoms with Gasteiger partial charge in [0, 0.05) is 19.0 Å². The minimum atomic E-state index is -1.20. The first-order valence-corrected chi connectivity index (χ1v) is 18.5. The summed E-state index contributed by atoms with van der Waals surface area (Å²) in [5.74, 6) is -5.13. The van der Waals surface area contributed by atoms with Gasteiger partial charge in [-0.1, -0.05) is 72.8 Å². The third-order valence-corrected chi connectivity index (χ3v) is 9.36. The maximum Gasteiger partial charge on any atom is 0.325 e. The zero-order valence-electron chi connectivity index (χ0n) is 31.7. The standard InChI is InChI=1S/C36H63N7O9/c1-8-13-27(41-35(50)30(21(5)9-2)43-32(47)26(37)16-17-28(44)45)33(48)40-25(18-24-14-11-10-12-15-24)19-38-22(6)31(46)42-29(20(3)4)34(49)39-23(7)36(51)52/h20,22-27,29-30,38H,5,8-19,37H2,1-4,6-7H3,(H,39,49)(H,40,48)(H,41,50)(H,42,46)(H,43,47)(H,44,45)(H,51,52)/t22-,23-,25-,26-,27-,29-,30-/m0/s1. The maximum atomic E-state index is 13.8. The van der Waals surface area contributed by atoms with Crippen molar-refractivity contribution in [3.05, 3.63) is 12.2 Å². The normalized spacial score (nSPS) is 17.3. The minimum Gasteiger partial charge on any atom is -0.481 e. The lowest BCUT2D eigenvalue weighted by atomic mass is 9.84. The molecule has 5 amide bonds. The molecule has 0 bridgehead atoms. The van der Waals surface area contributed by atoms with Crippen LogP contribution in [0.15, 0.2) is 12.2 Å². The number of hydrogen-bond donors (Lipinski definition) is 9. The first-order chi connectivity index (χ1) is 24.4. The molecule has 0 saturated heterocycles. The van der Waals surface area contributed by atoms with Crippen molar-refractivity contribution in [2.45, 2.75) is 154 Å². The van der Waals surface area contributed by atoms with Crippen LogP contribution in [-0.4, -0.2) is 101 Å². The topological polar surface area (TPSA) is 258 Å². The van der Waals surface area contributed by atoms with Gasteiger partial charge in [0.25, 0.3) is 0 Å². The van der Waals surface area contributed by atoms with Crippen LogP contribution in [0.4, 0.5) is 0 Å². The van der Waals surface area contributed by atoms with Crippen molar-refractivity contribution in [1.29, 1.82) is 0 Å². The monoisotopic (exact) mass is 737 g/mol. The molecule has 0 radical (unpaired) electrons.